The summed E-state index contributed by atoms with van der Waals surface area (Å²) in [5.74, 6) is -0.896. The molecule has 3 aromatic rings. The van der Waals surface area contributed by atoms with Crippen LogP contribution >= 0.6 is 11.8 Å². The number of benzene rings is 2. The first-order chi connectivity index (χ1) is 18.7. The molecule has 0 spiro atoms. The molecule has 0 aliphatic carbocycles. The van der Waals surface area contributed by atoms with Gasteiger partial charge in [0.1, 0.15) is 6.54 Å². The molecule has 2 unspecified atom stereocenters. The van der Waals surface area contributed by atoms with Crippen LogP contribution in [-0.4, -0.2) is 67.6 Å². The van der Waals surface area contributed by atoms with Crippen molar-refractivity contribution in [3.8, 4) is 11.3 Å². The Balaban J connectivity index is 0.00000370. The number of aromatic nitrogens is 2. The van der Waals surface area contributed by atoms with Crippen molar-refractivity contribution in [3.63, 3.8) is 0 Å². The van der Waals surface area contributed by atoms with Crippen LogP contribution in [0.15, 0.2) is 71.7 Å². The first kappa shape index (κ1) is 27.1. The zero-order valence-electron chi connectivity index (χ0n) is 21.1. The Morgan fingerprint density at radius 1 is 1.00 bits per heavy atom. The summed E-state index contributed by atoms with van der Waals surface area (Å²) in [7, 11) is 0. The van der Waals surface area contributed by atoms with Gasteiger partial charge in [0.25, 0.3) is 0 Å². The van der Waals surface area contributed by atoms with Crippen molar-refractivity contribution in [2.24, 2.45) is 0 Å². The number of halogens is 3. The van der Waals surface area contributed by atoms with Crippen LogP contribution in [0.3, 0.4) is 0 Å². The lowest BCUT2D eigenvalue weighted by molar-refractivity contribution is -0.161. The van der Waals surface area contributed by atoms with Crippen molar-refractivity contribution in [1.29, 1.82) is 0 Å². The molecule has 1 aromatic heterocycles. The van der Waals surface area contributed by atoms with Gasteiger partial charge in [0, 0.05) is 39.6 Å². The number of aromatic amines is 1. The summed E-state index contributed by atoms with van der Waals surface area (Å²) in [6.07, 6.45) is -1.45. The van der Waals surface area contributed by atoms with Gasteiger partial charge in [0.15, 0.2) is 0 Å². The molecule has 3 heterocycles. The number of hydrogen-bond donors (Lipinski definition) is 1. The third kappa shape index (κ3) is 6.41. The molecule has 0 bridgehead atoms. The van der Waals surface area contributed by atoms with E-state index in [-0.39, 0.29) is 31.9 Å². The van der Waals surface area contributed by atoms with Gasteiger partial charge in [-0.1, -0.05) is 60.7 Å². The van der Waals surface area contributed by atoms with E-state index in [1.807, 2.05) is 48.5 Å². The van der Waals surface area contributed by atoms with E-state index in [4.69, 9.17) is 0 Å². The van der Waals surface area contributed by atoms with Crippen molar-refractivity contribution in [3.05, 3.63) is 82.9 Å². The Morgan fingerprint density at radius 3 is 2.28 bits per heavy atom. The predicted octanol–water partition coefficient (Wildman–Crippen LogP) is 4.72. The number of H-pyrrole nitrogens is 1. The molecule has 2 aliphatic rings. The second kappa shape index (κ2) is 11.3. The second-order valence-corrected chi connectivity index (χ2v) is 11.3. The quantitative estimate of drug-likeness (QED) is 0.454. The van der Waals surface area contributed by atoms with Crippen LogP contribution in [-0.2, 0) is 16.0 Å². The lowest BCUT2D eigenvalue weighted by Crippen LogP contribution is -2.44. The van der Waals surface area contributed by atoms with Gasteiger partial charge in [-0.05, 0) is 24.0 Å². The fourth-order valence-electron chi connectivity index (χ4n) is 5.26. The molecule has 0 saturated carbocycles. The number of amides is 2. The van der Waals surface area contributed by atoms with E-state index in [1.165, 1.54) is 0 Å². The highest BCUT2D eigenvalue weighted by Crippen LogP contribution is 2.38. The van der Waals surface area contributed by atoms with Gasteiger partial charge in [-0.25, -0.2) is 4.79 Å². The van der Waals surface area contributed by atoms with E-state index in [9.17, 15) is 27.6 Å². The molecule has 5 rings (SSSR count). The van der Waals surface area contributed by atoms with E-state index in [0.29, 0.717) is 25.9 Å². The first-order valence-corrected chi connectivity index (χ1v) is 13.8. The van der Waals surface area contributed by atoms with Gasteiger partial charge in [-0.3, -0.25) is 14.2 Å². The average Bonchev–Trinajstić information content (AvgIpc) is 3.44. The number of piperidine rings is 1. The molecule has 2 saturated heterocycles. The van der Waals surface area contributed by atoms with Gasteiger partial charge < -0.3 is 14.8 Å². The van der Waals surface area contributed by atoms with Crippen LogP contribution in [0.1, 0.15) is 32.3 Å². The van der Waals surface area contributed by atoms with Crippen molar-refractivity contribution in [2.75, 3.05) is 19.6 Å². The van der Waals surface area contributed by atoms with Gasteiger partial charge in [0.05, 0.1) is 16.3 Å². The Kier molecular flexibility index (Phi) is 7.88. The normalized spacial score (nSPS) is 20.5. The van der Waals surface area contributed by atoms with Crippen LogP contribution < -0.4 is 5.69 Å². The van der Waals surface area contributed by atoms with Crippen LogP contribution in [0.5, 0.6) is 0 Å². The summed E-state index contributed by atoms with van der Waals surface area (Å²) in [4.78, 5) is 44.1. The molecule has 7 nitrogen and oxygen atoms in total. The molecular formula is C28H31F3N4O3S. The van der Waals surface area contributed by atoms with Crippen molar-refractivity contribution in [1.82, 2.24) is 19.4 Å². The maximum absolute atomic E-state index is 13.3. The number of alkyl halides is 3. The van der Waals surface area contributed by atoms with Crippen molar-refractivity contribution >= 4 is 23.6 Å². The topological polar surface area (TPSA) is 78.4 Å². The number of imidazole rings is 1. The number of carbonyl (C=O) groups is 2. The molecule has 2 fully saturated rings. The van der Waals surface area contributed by atoms with Crippen molar-refractivity contribution < 1.29 is 24.2 Å². The number of hydrogen-bond acceptors (Lipinski definition) is 4. The largest absolute Gasteiger partial charge is 0.406 e. The zero-order valence-corrected chi connectivity index (χ0v) is 22.0. The van der Waals surface area contributed by atoms with E-state index in [1.54, 1.807) is 27.8 Å². The van der Waals surface area contributed by atoms with E-state index in [0.717, 1.165) is 33.5 Å². The minimum atomic E-state index is -4.53. The summed E-state index contributed by atoms with van der Waals surface area (Å²) in [5.41, 5.74) is 2.26. The molecule has 39 heavy (non-hydrogen) atoms. The zero-order chi connectivity index (χ0) is 27.6. The number of nitrogens with one attached hydrogen (secondary N) is 1. The minimum absolute atomic E-state index is 0. The van der Waals surface area contributed by atoms with E-state index < -0.39 is 29.3 Å². The Morgan fingerprint density at radius 2 is 1.64 bits per heavy atom. The Hall–Kier alpha value is -3.47. The molecule has 2 aliphatic heterocycles. The summed E-state index contributed by atoms with van der Waals surface area (Å²) in [6.45, 7) is -0.511. The second-order valence-electron chi connectivity index (χ2n) is 9.91. The average molecular weight is 561 g/mol. The standard InChI is InChI=1S/C28H29F3N4O3S.H2/c29-28(30,31)18-35-25(15-19-7-3-1-4-8-19)39-23(26(35)37)16-24(36)33-13-11-21(12-14-33)34-17-22(32-27(34)38)20-9-5-2-6-10-20;/h1-10,17,21,23,25H,11-16,18H2,(H,32,38);1H. The Labute approximate surface area is 229 Å². The third-order valence-electron chi connectivity index (χ3n) is 7.23. The summed E-state index contributed by atoms with van der Waals surface area (Å²) < 4.78 is 41.5. The lowest BCUT2D eigenvalue weighted by atomic mass is 10.0. The maximum Gasteiger partial charge on any atom is 0.406 e. The molecule has 2 amide bonds. The number of likely N-dealkylation sites (tertiary alicyclic amines) is 1. The van der Waals surface area contributed by atoms with Crippen LogP contribution in [0.4, 0.5) is 13.2 Å². The lowest BCUT2D eigenvalue weighted by Gasteiger charge is -2.32. The number of rotatable bonds is 7. The van der Waals surface area contributed by atoms with Gasteiger partial charge in [-0.15, -0.1) is 11.8 Å². The molecule has 0 radical (unpaired) electrons. The number of nitrogens with zero attached hydrogens (tertiary/aromatic N) is 3. The van der Waals surface area contributed by atoms with Gasteiger partial charge in [-0.2, -0.15) is 13.2 Å². The predicted molar refractivity (Wildman–Crippen MR) is 145 cm³/mol. The molecule has 11 heteroatoms. The monoisotopic (exact) mass is 560 g/mol. The van der Waals surface area contributed by atoms with Crippen LogP contribution in [0.25, 0.3) is 11.3 Å². The first-order valence-electron chi connectivity index (χ1n) is 12.9. The molecule has 2 aromatic carbocycles. The fourth-order valence-corrected chi connectivity index (χ4v) is 6.74. The highest BCUT2D eigenvalue weighted by molar-refractivity contribution is 8.01. The number of thioether (sulfide) groups is 1. The molecule has 1 N–H and O–H groups in total. The van der Waals surface area contributed by atoms with Crippen LogP contribution in [0.2, 0.25) is 0 Å². The Bertz CT molecular complexity index is 1360. The highest BCUT2D eigenvalue weighted by Gasteiger charge is 2.46. The third-order valence-corrected chi connectivity index (χ3v) is 8.66. The fraction of sp³-hybridized carbons (Fsp3) is 0.393. The molecular weight excluding hydrogens is 529 g/mol. The van der Waals surface area contributed by atoms with Gasteiger partial charge in [0.2, 0.25) is 11.8 Å². The SMILES string of the molecule is O=C(CC1SC(Cc2ccccc2)N(CC(F)(F)F)C1=O)N1CCC(n2cc(-c3ccccc3)[nH]c2=O)CC1.[HH]. The summed E-state index contributed by atoms with van der Waals surface area (Å²) in [6, 6.07) is 18.5. The summed E-state index contributed by atoms with van der Waals surface area (Å²) in [5, 5.41) is -1.55. The van der Waals surface area contributed by atoms with Crippen molar-refractivity contribution in [2.45, 2.75) is 48.5 Å². The minimum Gasteiger partial charge on any atom is -0.342 e. The molecule has 208 valence electrons. The van der Waals surface area contributed by atoms with Gasteiger partial charge >= 0.3 is 11.9 Å². The summed E-state index contributed by atoms with van der Waals surface area (Å²) >= 11 is 1.13. The maximum atomic E-state index is 13.3. The molecule has 2 atom stereocenters. The van der Waals surface area contributed by atoms with Crippen LogP contribution in [0, 0.1) is 0 Å². The van der Waals surface area contributed by atoms with E-state index >= 15 is 0 Å². The van der Waals surface area contributed by atoms with E-state index in [2.05, 4.69) is 4.98 Å². The number of carbonyl (C=O) groups excluding carboxylic acids is 2. The smallest absolute Gasteiger partial charge is 0.342 e. The highest BCUT2D eigenvalue weighted by atomic mass is 32.2.